The van der Waals surface area contributed by atoms with Gasteiger partial charge in [0.15, 0.2) is 5.78 Å². The first-order chi connectivity index (χ1) is 7.16. The van der Waals surface area contributed by atoms with Gasteiger partial charge in [-0.25, -0.2) is 0 Å². The van der Waals surface area contributed by atoms with Crippen molar-refractivity contribution in [1.82, 2.24) is 5.32 Å². The zero-order valence-electron chi connectivity index (χ0n) is 7.63. The number of fused-ring (bicyclic) bond motifs is 3. The largest absolute Gasteiger partial charge is 0.297 e. The second kappa shape index (κ2) is 3.00. The van der Waals surface area contributed by atoms with Gasteiger partial charge in [-0.3, -0.25) is 10.1 Å². The maximum absolute atomic E-state index is 11.5. The molecule has 0 amide bonds. The van der Waals surface area contributed by atoms with E-state index in [1.807, 2.05) is 12.1 Å². The lowest BCUT2D eigenvalue weighted by Gasteiger charge is -2.02. The molecule has 0 spiro atoms. The average molecular weight is 239 g/mol. The Hall–Kier alpha value is -0.990. The normalized spacial score (nSPS) is 22.1. The number of ketones is 1. The van der Waals surface area contributed by atoms with Gasteiger partial charge in [0.1, 0.15) is 6.04 Å². The summed E-state index contributed by atoms with van der Waals surface area (Å²) in [5.41, 5.74) is 2.56. The summed E-state index contributed by atoms with van der Waals surface area (Å²) in [6, 6.07) is 3.13. The van der Waals surface area contributed by atoms with Crippen molar-refractivity contribution < 1.29 is 4.79 Å². The summed E-state index contributed by atoms with van der Waals surface area (Å²) < 4.78 is 0. The third kappa shape index (κ3) is 1.22. The molecular weight excluding hydrogens is 233 g/mol. The van der Waals surface area contributed by atoms with E-state index in [1.165, 1.54) is 0 Å². The molecule has 0 saturated carbocycles. The second-order valence-electron chi connectivity index (χ2n) is 3.65. The maximum Gasteiger partial charge on any atom is 0.165 e. The van der Waals surface area contributed by atoms with Gasteiger partial charge < -0.3 is 0 Å². The molecule has 0 saturated heterocycles. The molecule has 1 radical (unpaired) electrons. The van der Waals surface area contributed by atoms with Gasteiger partial charge in [0, 0.05) is 17.0 Å². The van der Waals surface area contributed by atoms with E-state index in [2.05, 4.69) is 5.32 Å². The molecule has 0 fully saturated rings. The summed E-state index contributed by atoms with van der Waals surface area (Å²) in [5.74, 6) is 0.133. The van der Waals surface area contributed by atoms with Gasteiger partial charge >= 0.3 is 0 Å². The predicted molar refractivity (Wildman–Crippen MR) is 59.6 cm³/mol. The third-order valence-corrected chi connectivity index (χ3v) is 3.23. The Morgan fingerprint density at radius 3 is 2.93 bits per heavy atom. The Labute approximate surface area is 96.9 Å². The minimum absolute atomic E-state index is 0.133. The number of carbonyl (C=O) groups excluding carboxylic acids is 1. The number of allylic oxidation sites excluding steroid dienone is 1. The van der Waals surface area contributed by atoms with Crippen LogP contribution in [-0.2, 0) is 4.79 Å². The zero-order chi connectivity index (χ0) is 10.6. The average Bonchev–Trinajstić information content (AvgIpc) is 2.68. The number of hydrogen-bond donors (Lipinski definition) is 0. The third-order valence-electron chi connectivity index (χ3n) is 2.72. The lowest BCUT2D eigenvalue weighted by atomic mass is 10.1. The summed E-state index contributed by atoms with van der Waals surface area (Å²) in [4.78, 5) is 11.5. The van der Waals surface area contributed by atoms with E-state index in [0.29, 0.717) is 22.2 Å². The van der Waals surface area contributed by atoms with E-state index < -0.39 is 0 Å². The molecule has 1 aromatic rings. The first-order valence-electron chi connectivity index (χ1n) is 4.60. The van der Waals surface area contributed by atoms with Crippen LogP contribution in [0, 0.1) is 0 Å². The highest BCUT2D eigenvalue weighted by atomic mass is 35.5. The van der Waals surface area contributed by atoms with Gasteiger partial charge in [-0.1, -0.05) is 29.3 Å². The molecule has 1 aliphatic heterocycles. The molecule has 2 aliphatic rings. The number of hydrogen-bond acceptors (Lipinski definition) is 1. The molecule has 3 rings (SSSR count). The SMILES string of the molecule is O=C1CC=C2c3cc(Cl)cc(Cl)c3[N]C12. The summed E-state index contributed by atoms with van der Waals surface area (Å²) in [5, 5.41) is 5.42. The maximum atomic E-state index is 11.5. The first kappa shape index (κ1) is 9.25. The highest BCUT2D eigenvalue weighted by molar-refractivity contribution is 6.37. The van der Waals surface area contributed by atoms with Crippen LogP contribution in [0.3, 0.4) is 0 Å². The Morgan fingerprint density at radius 1 is 1.33 bits per heavy atom. The Bertz CT molecular complexity index is 508. The van der Waals surface area contributed by atoms with Crippen LogP contribution in [0.15, 0.2) is 18.2 Å². The van der Waals surface area contributed by atoms with Gasteiger partial charge in [-0.15, -0.1) is 0 Å². The zero-order valence-corrected chi connectivity index (χ0v) is 9.14. The number of carbonyl (C=O) groups is 1. The van der Waals surface area contributed by atoms with Crippen LogP contribution in [0.1, 0.15) is 12.0 Å². The van der Waals surface area contributed by atoms with Crippen molar-refractivity contribution in [1.29, 1.82) is 0 Å². The monoisotopic (exact) mass is 238 g/mol. The minimum atomic E-state index is -0.337. The molecule has 1 aliphatic carbocycles. The van der Waals surface area contributed by atoms with Crippen molar-refractivity contribution >= 4 is 40.2 Å². The summed E-state index contributed by atoms with van der Waals surface area (Å²) in [7, 11) is 0. The topological polar surface area (TPSA) is 31.2 Å². The molecule has 0 bridgehead atoms. The van der Waals surface area contributed by atoms with E-state index in [-0.39, 0.29) is 11.8 Å². The molecule has 1 heterocycles. The molecule has 2 nitrogen and oxygen atoms in total. The molecule has 0 N–H and O–H groups in total. The van der Waals surface area contributed by atoms with Gasteiger partial charge in [-0.05, 0) is 17.7 Å². The van der Waals surface area contributed by atoms with Crippen molar-refractivity contribution in [2.45, 2.75) is 12.5 Å². The molecule has 0 aromatic heterocycles. The van der Waals surface area contributed by atoms with E-state index >= 15 is 0 Å². The fourth-order valence-corrected chi connectivity index (χ4v) is 2.59. The van der Waals surface area contributed by atoms with Crippen molar-refractivity contribution in [2.75, 3.05) is 0 Å². The highest BCUT2D eigenvalue weighted by Crippen LogP contribution is 2.44. The lowest BCUT2D eigenvalue weighted by molar-refractivity contribution is -0.118. The molecule has 15 heavy (non-hydrogen) atoms. The Morgan fingerprint density at radius 2 is 2.13 bits per heavy atom. The van der Waals surface area contributed by atoms with Crippen LogP contribution < -0.4 is 5.32 Å². The van der Waals surface area contributed by atoms with Crippen LogP contribution in [0.4, 0.5) is 5.69 Å². The molecular formula is C11H6Cl2NO. The number of Topliss-reactive ketones (excluding diaryl/α,β-unsaturated/α-hetero) is 1. The number of halogens is 2. The van der Waals surface area contributed by atoms with Crippen molar-refractivity contribution in [2.24, 2.45) is 0 Å². The molecule has 1 aromatic carbocycles. The van der Waals surface area contributed by atoms with Gasteiger partial charge in [0.25, 0.3) is 0 Å². The standard InChI is InChI=1S/C11H6Cl2NO/c12-5-3-7-6-1-2-9(15)11(6)14-10(7)8(13)4-5/h1,3-4,11H,2H2. The van der Waals surface area contributed by atoms with Crippen LogP contribution in [0.25, 0.3) is 5.57 Å². The molecule has 1 unspecified atom stereocenters. The lowest BCUT2D eigenvalue weighted by Crippen LogP contribution is -2.20. The van der Waals surface area contributed by atoms with Gasteiger partial charge in [0.2, 0.25) is 0 Å². The van der Waals surface area contributed by atoms with Crippen LogP contribution >= 0.6 is 23.2 Å². The molecule has 4 heteroatoms. The van der Waals surface area contributed by atoms with Crippen LogP contribution in [0.2, 0.25) is 10.0 Å². The molecule has 75 valence electrons. The fourth-order valence-electron chi connectivity index (χ4n) is 2.05. The fraction of sp³-hybridized carbons (Fsp3) is 0.182. The van der Waals surface area contributed by atoms with Crippen LogP contribution in [-0.4, -0.2) is 11.8 Å². The quantitative estimate of drug-likeness (QED) is 0.684. The van der Waals surface area contributed by atoms with E-state index in [9.17, 15) is 4.79 Å². The smallest absolute Gasteiger partial charge is 0.165 e. The first-order valence-corrected chi connectivity index (χ1v) is 5.35. The number of nitrogens with zero attached hydrogens (tertiary/aromatic N) is 1. The van der Waals surface area contributed by atoms with Gasteiger partial charge in [0.05, 0.1) is 10.7 Å². The molecule has 1 atom stereocenters. The Kier molecular flexibility index (Phi) is 1.85. The van der Waals surface area contributed by atoms with E-state index in [0.717, 1.165) is 11.1 Å². The summed E-state index contributed by atoms with van der Waals surface area (Å²) >= 11 is 11.9. The number of rotatable bonds is 0. The van der Waals surface area contributed by atoms with Gasteiger partial charge in [-0.2, -0.15) is 0 Å². The van der Waals surface area contributed by atoms with E-state index in [1.54, 1.807) is 6.07 Å². The van der Waals surface area contributed by atoms with E-state index in [4.69, 9.17) is 23.2 Å². The van der Waals surface area contributed by atoms with Crippen molar-refractivity contribution in [3.63, 3.8) is 0 Å². The number of benzene rings is 1. The highest BCUT2D eigenvalue weighted by Gasteiger charge is 2.37. The van der Waals surface area contributed by atoms with Crippen LogP contribution in [0.5, 0.6) is 0 Å². The van der Waals surface area contributed by atoms with Crippen molar-refractivity contribution in [3.8, 4) is 0 Å². The Balaban J connectivity index is 2.22. The predicted octanol–water partition coefficient (Wildman–Crippen LogP) is 2.97. The summed E-state index contributed by atoms with van der Waals surface area (Å²) in [6.07, 6.45) is 2.38. The minimum Gasteiger partial charge on any atom is -0.297 e. The van der Waals surface area contributed by atoms with Crippen molar-refractivity contribution in [3.05, 3.63) is 33.8 Å². The second-order valence-corrected chi connectivity index (χ2v) is 4.49. The summed E-state index contributed by atoms with van der Waals surface area (Å²) in [6.45, 7) is 0.